The Labute approximate surface area is 104 Å². The summed E-state index contributed by atoms with van der Waals surface area (Å²) >= 11 is 3.21. The number of carbonyl (C=O) groups is 1. The van der Waals surface area contributed by atoms with E-state index >= 15 is 0 Å². The molecule has 1 aliphatic rings. The lowest BCUT2D eigenvalue weighted by molar-refractivity contribution is 0.0540. The topological polar surface area (TPSA) is 33.5 Å². The van der Waals surface area contributed by atoms with Crippen molar-refractivity contribution in [2.24, 2.45) is 5.92 Å². The van der Waals surface area contributed by atoms with E-state index < -0.39 is 0 Å². The molecule has 1 saturated heterocycles. The van der Waals surface area contributed by atoms with E-state index in [4.69, 9.17) is 4.42 Å². The van der Waals surface area contributed by atoms with E-state index in [1.165, 1.54) is 6.42 Å². The van der Waals surface area contributed by atoms with Crippen LogP contribution in [0.25, 0.3) is 0 Å². The molecular weight excluding hydrogens is 270 g/mol. The molecule has 88 valence electrons. The Morgan fingerprint density at radius 2 is 2.19 bits per heavy atom. The number of hydrogen-bond acceptors (Lipinski definition) is 2. The average molecular weight is 286 g/mol. The minimum atomic E-state index is 0.00440. The predicted octanol–water partition coefficient (Wildman–Crippen LogP) is 3.30. The van der Waals surface area contributed by atoms with Crippen molar-refractivity contribution in [3.63, 3.8) is 0 Å². The highest BCUT2D eigenvalue weighted by atomic mass is 79.9. The van der Waals surface area contributed by atoms with Gasteiger partial charge in [0, 0.05) is 12.6 Å². The Kier molecular flexibility index (Phi) is 3.38. The van der Waals surface area contributed by atoms with Crippen molar-refractivity contribution in [3.8, 4) is 0 Å². The van der Waals surface area contributed by atoms with Crippen LogP contribution >= 0.6 is 15.9 Å². The molecule has 1 fully saturated rings. The van der Waals surface area contributed by atoms with Gasteiger partial charge in [-0.1, -0.05) is 6.92 Å². The second-order valence-corrected chi connectivity index (χ2v) is 5.37. The Hall–Kier alpha value is -0.770. The van der Waals surface area contributed by atoms with Crippen LogP contribution in [-0.2, 0) is 0 Å². The number of rotatable bonds is 1. The van der Waals surface area contributed by atoms with Crippen molar-refractivity contribution in [2.75, 3.05) is 6.54 Å². The lowest BCUT2D eigenvalue weighted by Crippen LogP contribution is -2.44. The van der Waals surface area contributed by atoms with Gasteiger partial charge in [0.05, 0.1) is 0 Å². The summed E-state index contributed by atoms with van der Waals surface area (Å²) in [4.78, 5) is 14.1. The highest BCUT2D eigenvalue weighted by Crippen LogP contribution is 2.24. The number of furan rings is 1. The number of hydrogen-bond donors (Lipinski definition) is 0. The zero-order valence-electron chi connectivity index (χ0n) is 9.57. The SMILES string of the molecule is CC1CCC(C)N(C(=O)c2ccc(Br)o2)C1. The molecule has 0 aliphatic carbocycles. The average Bonchev–Trinajstić information content (AvgIpc) is 2.67. The maximum absolute atomic E-state index is 12.2. The summed E-state index contributed by atoms with van der Waals surface area (Å²) in [5, 5.41) is 0. The lowest BCUT2D eigenvalue weighted by atomic mass is 9.95. The van der Waals surface area contributed by atoms with Gasteiger partial charge in [0.25, 0.3) is 5.91 Å². The maximum Gasteiger partial charge on any atom is 0.289 e. The van der Waals surface area contributed by atoms with Gasteiger partial charge >= 0.3 is 0 Å². The molecule has 1 amide bonds. The molecular formula is C12H16BrNO2. The second kappa shape index (κ2) is 4.62. The standard InChI is InChI=1S/C12H16BrNO2/c1-8-3-4-9(2)14(7-8)12(15)10-5-6-11(13)16-10/h5-6,8-9H,3-4,7H2,1-2H3. The normalized spacial score (nSPS) is 25.8. The first kappa shape index (κ1) is 11.7. The molecule has 4 heteroatoms. The largest absolute Gasteiger partial charge is 0.444 e. The first-order valence-corrected chi connectivity index (χ1v) is 6.43. The van der Waals surface area contributed by atoms with Crippen molar-refractivity contribution in [1.82, 2.24) is 4.90 Å². The smallest absolute Gasteiger partial charge is 0.289 e. The van der Waals surface area contributed by atoms with Crippen molar-refractivity contribution in [2.45, 2.75) is 32.7 Å². The van der Waals surface area contributed by atoms with Crippen LogP contribution in [0.4, 0.5) is 0 Å². The van der Waals surface area contributed by atoms with E-state index in [0.29, 0.717) is 22.4 Å². The fraction of sp³-hybridized carbons (Fsp3) is 0.583. The number of amides is 1. The monoisotopic (exact) mass is 285 g/mol. The number of piperidine rings is 1. The van der Waals surface area contributed by atoms with Crippen molar-refractivity contribution >= 4 is 21.8 Å². The van der Waals surface area contributed by atoms with E-state index in [1.807, 2.05) is 4.90 Å². The minimum absolute atomic E-state index is 0.00440. The highest BCUT2D eigenvalue weighted by molar-refractivity contribution is 9.10. The van der Waals surface area contributed by atoms with Gasteiger partial charge in [-0.15, -0.1) is 0 Å². The van der Waals surface area contributed by atoms with Crippen molar-refractivity contribution in [3.05, 3.63) is 22.6 Å². The van der Waals surface area contributed by atoms with E-state index in [0.717, 1.165) is 13.0 Å². The van der Waals surface area contributed by atoms with Gasteiger partial charge in [-0.25, -0.2) is 0 Å². The zero-order valence-corrected chi connectivity index (χ0v) is 11.2. The summed E-state index contributed by atoms with van der Waals surface area (Å²) in [5.74, 6) is 1.01. The van der Waals surface area contributed by atoms with Crippen molar-refractivity contribution in [1.29, 1.82) is 0 Å². The molecule has 0 saturated carbocycles. The molecule has 0 N–H and O–H groups in total. The number of halogens is 1. The predicted molar refractivity (Wildman–Crippen MR) is 65.3 cm³/mol. The minimum Gasteiger partial charge on any atom is -0.444 e. The molecule has 2 rings (SSSR count). The Morgan fingerprint density at radius 3 is 2.81 bits per heavy atom. The number of nitrogens with zero attached hydrogens (tertiary/aromatic N) is 1. The number of likely N-dealkylation sites (tertiary alicyclic amines) is 1. The molecule has 1 aromatic heterocycles. The van der Waals surface area contributed by atoms with Crippen LogP contribution in [0.15, 0.2) is 21.2 Å². The third-order valence-electron chi connectivity index (χ3n) is 3.16. The van der Waals surface area contributed by atoms with E-state index in [1.54, 1.807) is 12.1 Å². The molecule has 1 aliphatic heterocycles. The molecule has 2 unspecified atom stereocenters. The maximum atomic E-state index is 12.2. The quantitative estimate of drug-likeness (QED) is 0.793. The molecule has 0 aromatic carbocycles. The van der Waals surface area contributed by atoms with Crippen LogP contribution < -0.4 is 0 Å². The van der Waals surface area contributed by atoms with Crippen LogP contribution in [0.1, 0.15) is 37.2 Å². The molecule has 0 radical (unpaired) electrons. The van der Waals surface area contributed by atoms with E-state index in [-0.39, 0.29) is 5.91 Å². The summed E-state index contributed by atoms with van der Waals surface area (Å²) < 4.78 is 5.91. The number of carbonyl (C=O) groups excluding carboxylic acids is 1. The highest BCUT2D eigenvalue weighted by Gasteiger charge is 2.29. The Morgan fingerprint density at radius 1 is 1.44 bits per heavy atom. The molecule has 1 aromatic rings. The fourth-order valence-electron chi connectivity index (χ4n) is 2.14. The van der Waals surface area contributed by atoms with Crippen LogP contribution in [0.5, 0.6) is 0 Å². The van der Waals surface area contributed by atoms with Crippen LogP contribution in [-0.4, -0.2) is 23.4 Å². The van der Waals surface area contributed by atoms with E-state index in [9.17, 15) is 4.79 Å². The van der Waals surface area contributed by atoms with Crippen molar-refractivity contribution < 1.29 is 9.21 Å². The summed E-state index contributed by atoms with van der Waals surface area (Å²) in [7, 11) is 0. The summed E-state index contributed by atoms with van der Waals surface area (Å²) in [6, 6.07) is 3.79. The first-order valence-electron chi connectivity index (χ1n) is 5.64. The molecule has 16 heavy (non-hydrogen) atoms. The second-order valence-electron chi connectivity index (χ2n) is 4.59. The van der Waals surface area contributed by atoms with Gasteiger partial charge in [-0.3, -0.25) is 4.79 Å². The van der Waals surface area contributed by atoms with Gasteiger partial charge in [0.2, 0.25) is 0 Å². The van der Waals surface area contributed by atoms with Gasteiger partial charge in [-0.05, 0) is 53.7 Å². The molecule has 0 spiro atoms. The van der Waals surface area contributed by atoms with Crippen LogP contribution in [0.3, 0.4) is 0 Å². The Bertz CT molecular complexity index is 388. The third-order valence-corrected chi connectivity index (χ3v) is 3.59. The summed E-state index contributed by atoms with van der Waals surface area (Å²) in [5.41, 5.74) is 0. The molecule has 2 atom stereocenters. The van der Waals surface area contributed by atoms with Crippen LogP contribution in [0.2, 0.25) is 0 Å². The van der Waals surface area contributed by atoms with Crippen LogP contribution in [0, 0.1) is 5.92 Å². The molecule has 0 bridgehead atoms. The fourth-order valence-corrected chi connectivity index (χ4v) is 2.45. The Balaban J connectivity index is 2.14. The van der Waals surface area contributed by atoms with Gasteiger partial charge in [0.1, 0.15) is 0 Å². The molecule has 3 nitrogen and oxygen atoms in total. The lowest BCUT2D eigenvalue weighted by Gasteiger charge is -2.36. The summed E-state index contributed by atoms with van der Waals surface area (Å²) in [6.45, 7) is 5.12. The zero-order chi connectivity index (χ0) is 11.7. The molecule has 2 heterocycles. The van der Waals surface area contributed by atoms with E-state index in [2.05, 4.69) is 29.8 Å². The van der Waals surface area contributed by atoms with Gasteiger partial charge in [-0.2, -0.15) is 0 Å². The van der Waals surface area contributed by atoms with Gasteiger partial charge < -0.3 is 9.32 Å². The first-order chi connectivity index (χ1) is 7.58. The third kappa shape index (κ3) is 2.32. The van der Waals surface area contributed by atoms with Gasteiger partial charge in [0.15, 0.2) is 10.4 Å². The summed E-state index contributed by atoms with van der Waals surface area (Å²) in [6.07, 6.45) is 2.28.